The van der Waals surface area contributed by atoms with Crippen LogP contribution >= 0.6 is 0 Å². The largest absolute Gasteiger partial charge is 0.450 e. The first-order valence-corrected chi connectivity index (χ1v) is 6.94. The number of nitrogens with one attached hydrogen (secondary N) is 1. The molecule has 0 spiro atoms. The van der Waals surface area contributed by atoms with Gasteiger partial charge in [-0.05, 0) is 26.7 Å². The quantitative estimate of drug-likeness (QED) is 0.904. The first-order valence-electron chi connectivity index (χ1n) is 6.94. The number of carbonyl (C=O) groups is 1. The maximum atomic E-state index is 11.6. The highest BCUT2D eigenvalue weighted by Gasteiger charge is 2.24. The fourth-order valence-corrected chi connectivity index (χ4v) is 2.31. The van der Waals surface area contributed by atoms with Crippen LogP contribution in [-0.2, 0) is 11.3 Å². The molecule has 0 radical (unpaired) electrons. The van der Waals surface area contributed by atoms with Gasteiger partial charge in [-0.15, -0.1) is 0 Å². The van der Waals surface area contributed by atoms with Crippen LogP contribution in [0.2, 0.25) is 0 Å². The smallest absolute Gasteiger partial charge is 0.409 e. The first-order chi connectivity index (χ1) is 9.24. The summed E-state index contributed by atoms with van der Waals surface area (Å²) in [6.07, 6.45) is 5.43. The molecule has 1 amide bonds. The summed E-state index contributed by atoms with van der Waals surface area (Å²) in [5.74, 6) is 0.914. The lowest BCUT2D eigenvalue weighted by molar-refractivity contribution is 0.0983. The second-order valence-corrected chi connectivity index (χ2v) is 4.64. The van der Waals surface area contributed by atoms with Gasteiger partial charge in [0.25, 0.3) is 0 Å². The molecular weight excluding hydrogens is 244 g/mol. The Kier molecular flexibility index (Phi) is 4.65. The van der Waals surface area contributed by atoms with Gasteiger partial charge in [-0.2, -0.15) is 0 Å². The van der Waals surface area contributed by atoms with E-state index in [0.29, 0.717) is 12.6 Å². The fourth-order valence-electron chi connectivity index (χ4n) is 2.31. The zero-order valence-corrected chi connectivity index (χ0v) is 11.6. The van der Waals surface area contributed by atoms with E-state index in [1.807, 2.05) is 13.1 Å². The van der Waals surface area contributed by atoms with Crippen LogP contribution in [0.3, 0.4) is 0 Å². The molecule has 19 heavy (non-hydrogen) atoms. The second kappa shape index (κ2) is 6.45. The molecule has 1 fully saturated rings. The summed E-state index contributed by atoms with van der Waals surface area (Å²) < 4.78 is 7.09. The Hall–Kier alpha value is -1.72. The molecule has 1 N–H and O–H groups in total. The molecule has 0 aromatic carbocycles. The maximum Gasteiger partial charge on any atom is 0.409 e. The van der Waals surface area contributed by atoms with E-state index in [9.17, 15) is 4.79 Å². The van der Waals surface area contributed by atoms with Gasteiger partial charge >= 0.3 is 6.09 Å². The number of aromatic nitrogens is 2. The van der Waals surface area contributed by atoms with E-state index in [-0.39, 0.29) is 6.09 Å². The van der Waals surface area contributed by atoms with E-state index < -0.39 is 0 Å². The van der Waals surface area contributed by atoms with Gasteiger partial charge < -0.3 is 19.5 Å². The molecule has 1 saturated heterocycles. The molecule has 2 rings (SSSR count). The molecule has 6 nitrogen and oxygen atoms in total. The summed E-state index contributed by atoms with van der Waals surface area (Å²) in [5, 5.41) is 3.44. The molecule has 0 aliphatic carbocycles. The molecule has 0 saturated carbocycles. The van der Waals surface area contributed by atoms with Crippen molar-refractivity contribution in [3.63, 3.8) is 0 Å². The van der Waals surface area contributed by atoms with E-state index in [1.165, 1.54) is 0 Å². The number of likely N-dealkylation sites (tertiary alicyclic amines) is 1. The van der Waals surface area contributed by atoms with Crippen LogP contribution < -0.4 is 5.32 Å². The van der Waals surface area contributed by atoms with E-state index in [1.54, 1.807) is 11.1 Å². The third-order valence-corrected chi connectivity index (χ3v) is 3.41. The number of piperidine rings is 1. The number of imidazole rings is 1. The predicted octanol–water partition coefficient (Wildman–Crippen LogP) is 1.94. The molecule has 1 aliphatic heterocycles. The number of rotatable bonds is 4. The number of amides is 1. The molecule has 1 aromatic rings. The van der Waals surface area contributed by atoms with Gasteiger partial charge in [0.05, 0.1) is 6.61 Å². The number of anilines is 1. The van der Waals surface area contributed by atoms with E-state index in [2.05, 4.69) is 21.8 Å². The number of aryl methyl sites for hydroxylation is 1. The summed E-state index contributed by atoms with van der Waals surface area (Å²) in [6.45, 7) is 6.74. The van der Waals surface area contributed by atoms with Crippen LogP contribution in [0.15, 0.2) is 12.4 Å². The van der Waals surface area contributed by atoms with Crippen LogP contribution in [0, 0.1) is 0 Å². The van der Waals surface area contributed by atoms with Gasteiger partial charge in [-0.1, -0.05) is 0 Å². The zero-order chi connectivity index (χ0) is 13.7. The Morgan fingerprint density at radius 3 is 2.84 bits per heavy atom. The molecule has 0 atom stereocenters. The van der Waals surface area contributed by atoms with Crippen molar-refractivity contribution in [3.05, 3.63) is 12.4 Å². The molecule has 1 aromatic heterocycles. The predicted molar refractivity (Wildman–Crippen MR) is 73.1 cm³/mol. The Balaban J connectivity index is 1.82. The monoisotopic (exact) mass is 266 g/mol. The lowest BCUT2D eigenvalue weighted by atomic mass is 10.1. The lowest BCUT2D eigenvalue weighted by Gasteiger charge is -2.31. The Bertz CT molecular complexity index is 411. The summed E-state index contributed by atoms with van der Waals surface area (Å²) in [4.78, 5) is 17.7. The fraction of sp³-hybridized carbons (Fsp3) is 0.692. The molecule has 2 heterocycles. The van der Waals surface area contributed by atoms with Crippen LogP contribution in [0.1, 0.15) is 26.7 Å². The summed E-state index contributed by atoms with van der Waals surface area (Å²) in [5.41, 5.74) is 0. The molecule has 1 aliphatic rings. The average molecular weight is 266 g/mol. The van der Waals surface area contributed by atoms with Crippen molar-refractivity contribution in [3.8, 4) is 0 Å². The van der Waals surface area contributed by atoms with Gasteiger partial charge in [-0.3, -0.25) is 0 Å². The number of hydrogen-bond donors (Lipinski definition) is 1. The van der Waals surface area contributed by atoms with Crippen LogP contribution in [-0.4, -0.2) is 46.3 Å². The Morgan fingerprint density at radius 1 is 1.47 bits per heavy atom. The summed E-state index contributed by atoms with van der Waals surface area (Å²) >= 11 is 0. The molecule has 0 unspecified atom stereocenters. The average Bonchev–Trinajstić information content (AvgIpc) is 2.87. The Morgan fingerprint density at radius 2 is 2.21 bits per heavy atom. The SMILES string of the molecule is CCOC(=O)N1CCC(Nc2nccn2CC)CC1. The minimum absolute atomic E-state index is 0.198. The van der Waals surface area contributed by atoms with Crippen molar-refractivity contribution in [1.82, 2.24) is 14.5 Å². The van der Waals surface area contributed by atoms with E-state index in [4.69, 9.17) is 4.74 Å². The van der Waals surface area contributed by atoms with Gasteiger partial charge in [0, 0.05) is 38.1 Å². The number of nitrogens with zero attached hydrogens (tertiary/aromatic N) is 3. The number of carbonyl (C=O) groups excluding carboxylic acids is 1. The minimum Gasteiger partial charge on any atom is -0.450 e. The molecule has 106 valence electrons. The van der Waals surface area contributed by atoms with Crippen molar-refractivity contribution in [1.29, 1.82) is 0 Å². The van der Waals surface area contributed by atoms with Gasteiger partial charge in [0.1, 0.15) is 0 Å². The van der Waals surface area contributed by atoms with Crippen molar-refractivity contribution < 1.29 is 9.53 Å². The van der Waals surface area contributed by atoms with E-state index >= 15 is 0 Å². The van der Waals surface area contributed by atoms with Gasteiger partial charge in [0.2, 0.25) is 5.95 Å². The minimum atomic E-state index is -0.198. The maximum absolute atomic E-state index is 11.6. The van der Waals surface area contributed by atoms with E-state index in [0.717, 1.165) is 38.4 Å². The van der Waals surface area contributed by atoms with Crippen molar-refractivity contribution in [2.24, 2.45) is 0 Å². The van der Waals surface area contributed by atoms with Crippen molar-refractivity contribution in [2.45, 2.75) is 39.3 Å². The molecule has 6 heteroatoms. The van der Waals surface area contributed by atoms with Gasteiger partial charge in [-0.25, -0.2) is 9.78 Å². The molecular formula is C13H22N4O2. The van der Waals surface area contributed by atoms with Gasteiger partial charge in [0.15, 0.2) is 0 Å². The number of ether oxygens (including phenoxy) is 1. The van der Waals surface area contributed by atoms with Crippen LogP contribution in [0.25, 0.3) is 0 Å². The standard InChI is InChI=1S/C13H22N4O2/c1-3-16-10-7-14-12(16)15-11-5-8-17(9-6-11)13(18)19-4-2/h7,10-11H,3-6,8-9H2,1-2H3,(H,14,15). The first kappa shape index (κ1) is 13.7. The normalized spacial score (nSPS) is 16.4. The highest BCUT2D eigenvalue weighted by atomic mass is 16.6. The third-order valence-electron chi connectivity index (χ3n) is 3.41. The topological polar surface area (TPSA) is 59.4 Å². The Labute approximate surface area is 113 Å². The third kappa shape index (κ3) is 3.39. The summed E-state index contributed by atoms with van der Waals surface area (Å²) in [7, 11) is 0. The number of hydrogen-bond acceptors (Lipinski definition) is 4. The summed E-state index contributed by atoms with van der Waals surface area (Å²) in [6, 6.07) is 0.373. The van der Waals surface area contributed by atoms with Crippen molar-refractivity contribution in [2.75, 3.05) is 25.0 Å². The highest BCUT2D eigenvalue weighted by Crippen LogP contribution is 2.16. The zero-order valence-electron chi connectivity index (χ0n) is 11.6. The van der Waals surface area contributed by atoms with Crippen LogP contribution in [0.5, 0.6) is 0 Å². The lowest BCUT2D eigenvalue weighted by Crippen LogP contribution is -2.42. The highest BCUT2D eigenvalue weighted by molar-refractivity contribution is 5.67. The molecule has 0 bridgehead atoms. The van der Waals surface area contributed by atoms with Crippen molar-refractivity contribution >= 4 is 12.0 Å². The van der Waals surface area contributed by atoms with Crippen LogP contribution in [0.4, 0.5) is 10.7 Å². The second-order valence-electron chi connectivity index (χ2n) is 4.64.